The fraction of sp³-hybridized carbons (Fsp3) is 1.00. The molecule has 0 fully saturated rings. The van der Waals surface area contributed by atoms with Crippen LogP contribution in [0.4, 0.5) is 0 Å². The SMILES string of the molecule is CCCCN(CCCC)C[Si](C)(C)OCC. The van der Waals surface area contributed by atoms with Crippen LogP contribution in [0.15, 0.2) is 0 Å². The van der Waals surface area contributed by atoms with Gasteiger partial charge in [0.2, 0.25) is 0 Å². The minimum atomic E-state index is -1.44. The summed E-state index contributed by atoms with van der Waals surface area (Å²) in [6.07, 6.45) is 6.42. The molecule has 0 aliphatic carbocycles. The summed E-state index contributed by atoms with van der Waals surface area (Å²) in [6.45, 7) is 14.7. The summed E-state index contributed by atoms with van der Waals surface area (Å²) in [7, 11) is -1.44. The monoisotopic (exact) mass is 245 g/mol. The number of nitrogens with zero attached hydrogens (tertiary/aromatic N) is 1. The molecule has 0 saturated carbocycles. The van der Waals surface area contributed by atoms with Gasteiger partial charge in [-0.25, -0.2) is 0 Å². The van der Waals surface area contributed by atoms with E-state index >= 15 is 0 Å². The second-order valence-electron chi connectivity index (χ2n) is 5.18. The van der Waals surface area contributed by atoms with E-state index in [9.17, 15) is 0 Å². The lowest BCUT2D eigenvalue weighted by Crippen LogP contribution is -2.45. The van der Waals surface area contributed by atoms with Crippen LogP contribution in [0, 0.1) is 0 Å². The van der Waals surface area contributed by atoms with Crippen LogP contribution in [0.5, 0.6) is 0 Å². The maximum Gasteiger partial charge on any atom is 0.200 e. The van der Waals surface area contributed by atoms with Gasteiger partial charge in [-0.3, -0.25) is 0 Å². The van der Waals surface area contributed by atoms with E-state index in [-0.39, 0.29) is 0 Å². The van der Waals surface area contributed by atoms with Crippen LogP contribution in [-0.2, 0) is 4.43 Å². The standard InChI is InChI=1S/C13H31NOSi/c1-6-9-11-14(12-10-7-2)13-16(4,5)15-8-3/h6-13H2,1-5H3. The summed E-state index contributed by atoms with van der Waals surface area (Å²) in [6, 6.07) is 0. The molecular weight excluding hydrogens is 214 g/mol. The van der Waals surface area contributed by atoms with Gasteiger partial charge in [-0.15, -0.1) is 0 Å². The van der Waals surface area contributed by atoms with E-state index < -0.39 is 8.32 Å². The van der Waals surface area contributed by atoms with Crippen molar-refractivity contribution >= 4 is 8.32 Å². The van der Waals surface area contributed by atoms with E-state index in [1.807, 2.05) is 0 Å². The van der Waals surface area contributed by atoms with Crippen LogP contribution >= 0.6 is 0 Å². The van der Waals surface area contributed by atoms with Crippen molar-refractivity contribution in [1.29, 1.82) is 0 Å². The molecule has 0 spiro atoms. The molecule has 0 heterocycles. The Morgan fingerprint density at radius 3 is 1.81 bits per heavy atom. The van der Waals surface area contributed by atoms with Crippen molar-refractivity contribution < 1.29 is 4.43 Å². The minimum absolute atomic E-state index is 0.870. The molecule has 0 aliphatic heterocycles. The van der Waals surface area contributed by atoms with E-state index in [1.54, 1.807) is 0 Å². The Hall–Kier alpha value is 0.137. The van der Waals surface area contributed by atoms with E-state index in [1.165, 1.54) is 44.9 Å². The first kappa shape index (κ1) is 16.1. The van der Waals surface area contributed by atoms with Crippen LogP contribution < -0.4 is 0 Å². The number of rotatable bonds is 10. The van der Waals surface area contributed by atoms with Gasteiger partial charge in [-0.05, 0) is 45.9 Å². The maximum absolute atomic E-state index is 5.92. The smallest absolute Gasteiger partial charge is 0.200 e. The van der Waals surface area contributed by atoms with Crippen molar-refractivity contribution in [3.05, 3.63) is 0 Å². The van der Waals surface area contributed by atoms with Crippen LogP contribution in [0.2, 0.25) is 13.1 Å². The molecule has 0 atom stereocenters. The first-order valence-corrected chi connectivity index (χ1v) is 10.0. The Morgan fingerprint density at radius 2 is 1.44 bits per heavy atom. The minimum Gasteiger partial charge on any atom is -0.416 e. The topological polar surface area (TPSA) is 12.5 Å². The average molecular weight is 245 g/mol. The van der Waals surface area contributed by atoms with E-state index in [4.69, 9.17) is 4.43 Å². The van der Waals surface area contributed by atoms with Gasteiger partial charge in [-0.2, -0.15) is 0 Å². The summed E-state index contributed by atoms with van der Waals surface area (Å²) >= 11 is 0. The Kier molecular flexibility index (Phi) is 9.28. The molecule has 0 bridgehead atoms. The second-order valence-corrected chi connectivity index (χ2v) is 9.30. The molecule has 0 rings (SSSR count). The quantitative estimate of drug-likeness (QED) is 0.545. The highest BCUT2D eigenvalue weighted by atomic mass is 28.4. The van der Waals surface area contributed by atoms with E-state index in [0.29, 0.717) is 0 Å². The Bertz CT molecular complexity index is 154. The Balaban J connectivity index is 4.06. The van der Waals surface area contributed by atoms with Gasteiger partial charge >= 0.3 is 0 Å². The highest BCUT2D eigenvalue weighted by molar-refractivity contribution is 6.71. The lowest BCUT2D eigenvalue weighted by Gasteiger charge is -2.30. The Labute approximate surface area is 103 Å². The lowest BCUT2D eigenvalue weighted by molar-refractivity contribution is 0.261. The fourth-order valence-electron chi connectivity index (χ4n) is 2.01. The zero-order valence-electron chi connectivity index (χ0n) is 12.0. The van der Waals surface area contributed by atoms with Crippen LogP contribution in [0.3, 0.4) is 0 Å². The fourth-order valence-corrected chi connectivity index (χ4v) is 4.27. The van der Waals surface area contributed by atoms with Crippen molar-refractivity contribution in [1.82, 2.24) is 4.90 Å². The summed E-state index contributed by atoms with van der Waals surface area (Å²) in [5, 5.41) is 0. The van der Waals surface area contributed by atoms with Gasteiger partial charge in [0, 0.05) is 12.8 Å². The molecule has 0 saturated heterocycles. The van der Waals surface area contributed by atoms with Gasteiger partial charge in [0.1, 0.15) is 0 Å². The molecule has 0 aromatic rings. The highest BCUT2D eigenvalue weighted by Crippen LogP contribution is 2.09. The van der Waals surface area contributed by atoms with Crippen molar-refractivity contribution in [2.75, 3.05) is 25.9 Å². The molecule has 0 N–H and O–H groups in total. The molecule has 0 unspecified atom stereocenters. The first-order valence-electron chi connectivity index (χ1n) is 6.92. The summed E-state index contributed by atoms with van der Waals surface area (Å²) < 4.78 is 5.92. The van der Waals surface area contributed by atoms with Gasteiger partial charge in [-0.1, -0.05) is 26.7 Å². The number of unbranched alkanes of at least 4 members (excludes halogenated alkanes) is 2. The molecular formula is C13H31NOSi. The van der Waals surface area contributed by atoms with Gasteiger partial charge in [0.15, 0.2) is 8.32 Å². The second kappa shape index (κ2) is 9.20. The first-order chi connectivity index (χ1) is 7.55. The van der Waals surface area contributed by atoms with Crippen LogP contribution in [-0.4, -0.2) is 39.1 Å². The molecule has 16 heavy (non-hydrogen) atoms. The van der Waals surface area contributed by atoms with E-state index in [2.05, 4.69) is 38.8 Å². The predicted octanol–water partition coefficient (Wildman–Crippen LogP) is 3.67. The van der Waals surface area contributed by atoms with Crippen LogP contribution in [0.25, 0.3) is 0 Å². The summed E-state index contributed by atoms with van der Waals surface area (Å²) in [4.78, 5) is 2.62. The summed E-state index contributed by atoms with van der Waals surface area (Å²) in [5.74, 6) is 0. The van der Waals surface area contributed by atoms with Crippen LogP contribution in [0.1, 0.15) is 46.5 Å². The normalized spacial score (nSPS) is 12.4. The van der Waals surface area contributed by atoms with Gasteiger partial charge in [0.05, 0.1) is 0 Å². The molecule has 0 aromatic heterocycles. The molecule has 0 amide bonds. The predicted molar refractivity (Wildman–Crippen MR) is 75.4 cm³/mol. The van der Waals surface area contributed by atoms with E-state index in [0.717, 1.165) is 6.61 Å². The molecule has 0 aromatic carbocycles. The molecule has 0 radical (unpaired) electrons. The molecule has 3 heteroatoms. The Morgan fingerprint density at radius 1 is 0.938 bits per heavy atom. The summed E-state index contributed by atoms with van der Waals surface area (Å²) in [5.41, 5.74) is 0. The molecule has 0 aliphatic rings. The third-order valence-corrected chi connectivity index (χ3v) is 5.07. The largest absolute Gasteiger partial charge is 0.416 e. The van der Waals surface area contributed by atoms with Gasteiger partial charge in [0.25, 0.3) is 0 Å². The third kappa shape index (κ3) is 8.31. The van der Waals surface area contributed by atoms with Crippen molar-refractivity contribution in [3.63, 3.8) is 0 Å². The third-order valence-electron chi connectivity index (χ3n) is 2.80. The molecule has 98 valence electrons. The zero-order valence-corrected chi connectivity index (χ0v) is 13.0. The highest BCUT2D eigenvalue weighted by Gasteiger charge is 2.24. The number of hydrogen-bond donors (Lipinski definition) is 0. The maximum atomic E-state index is 5.92. The molecule has 2 nitrogen and oxygen atoms in total. The van der Waals surface area contributed by atoms with Crippen molar-refractivity contribution in [2.24, 2.45) is 0 Å². The lowest BCUT2D eigenvalue weighted by atomic mass is 10.3. The van der Waals surface area contributed by atoms with Gasteiger partial charge < -0.3 is 9.33 Å². The van der Waals surface area contributed by atoms with Crippen molar-refractivity contribution in [2.45, 2.75) is 59.5 Å². The number of hydrogen-bond acceptors (Lipinski definition) is 2. The van der Waals surface area contributed by atoms with Crippen molar-refractivity contribution in [3.8, 4) is 0 Å². The zero-order chi connectivity index (χ0) is 12.4. The average Bonchev–Trinajstić information content (AvgIpc) is 2.21.